The van der Waals surface area contributed by atoms with Crippen LogP contribution in [0.1, 0.15) is 12.8 Å². The van der Waals surface area contributed by atoms with Crippen molar-refractivity contribution in [1.29, 1.82) is 0 Å². The van der Waals surface area contributed by atoms with Gasteiger partial charge in [-0.1, -0.05) is 6.07 Å². The summed E-state index contributed by atoms with van der Waals surface area (Å²) >= 11 is 0. The molecule has 1 fully saturated rings. The van der Waals surface area contributed by atoms with E-state index in [1.54, 1.807) is 7.11 Å². The minimum Gasteiger partial charge on any atom is -0.497 e. The van der Waals surface area contributed by atoms with E-state index in [9.17, 15) is 0 Å². The molecule has 3 rings (SSSR count). The molecule has 6 nitrogen and oxygen atoms in total. The first-order chi connectivity index (χ1) is 12.8. The van der Waals surface area contributed by atoms with Crippen LogP contribution in [0.4, 0.5) is 5.69 Å². The second-order valence-corrected chi connectivity index (χ2v) is 6.86. The highest BCUT2D eigenvalue weighted by Crippen LogP contribution is 2.27. The molecule has 2 aromatic rings. The molecule has 0 bridgehead atoms. The van der Waals surface area contributed by atoms with Gasteiger partial charge in [0.2, 0.25) is 0 Å². The SMILES string of the molecule is COc1cc(NCCCN2CCN(CCCN)CC2)c2ncccc2c1. The Morgan fingerprint density at radius 2 is 1.85 bits per heavy atom. The zero-order valence-corrected chi connectivity index (χ0v) is 15.8. The number of rotatable bonds is 9. The summed E-state index contributed by atoms with van der Waals surface area (Å²) in [5.41, 5.74) is 7.65. The maximum Gasteiger partial charge on any atom is 0.121 e. The first-order valence-electron chi connectivity index (χ1n) is 9.61. The van der Waals surface area contributed by atoms with Crippen LogP contribution < -0.4 is 15.8 Å². The average molecular weight is 358 g/mol. The number of hydrogen-bond acceptors (Lipinski definition) is 6. The monoisotopic (exact) mass is 357 g/mol. The number of fused-ring (bicyclic) bond motifs is 1. The number of aromatic nitrogens is 1. The number of hydrogen-bond donors (Lipinski definition) is 2. The Hall–Kier alpha value is -1.89. The summed E-state index contributed by atoms with van der Waals surface area (Å²) in [6.45, 7) is 8.65. The largest absolute Gasteiger partial charge is 0.497 e. The number of nitrogens with two attached hydrogens (primary N) is 1. The smallest absolute Gasteiger partial charge is 0.121 e. The van der Waals surface area contributed by atoms with Crippen molar-refractivity contribution in [3.63, 3.8) is 0 Å². The number of benzene rings is 1. The number of methoxy groups -OCH3 is 1. The first-order valence-corrected chi connectivity index (χ1v) is 9.61. The van der Waals surface area contributed by atoms with E-state index >= 15 is 0 Å². The molecule has 6 heteroatoms. The maximum atomic E-state index is 5.60. The van der Waals surface area contributed by atoms with E-state index < -0.39 is 0 Å². The topological polar surface area (TPSA) is 66.7 Å². The van der Waals surface area contributed by atoms with Crippen LogP contribution in [0.5, 0.6) is 5.75 Å². The van der Waals surface area contributed by atoms with Crippen LogP contribution in [0.25, 0.3) is 10.9 Å². The Kier molecular flexibility index (Phi) is 7.05. The minimum atomic E-state index is 0.791. The van der Waals surface area contributed by atoms with Crippen molar-refractivity contribution in [2.45, 2.75) is 12.8 Å². The summed E-state index contributed by atoms with van der Waals surface area (Å²) in [6, 6.07) is 8.09. The fraction of sp³-hybridized carbons (Fsp3) is 0.550. The summed E-state index contributed by atoms with van der Waals surface area (Å²) < 4.78 is 5.41. The second-order valence-electron chi connectivity index (χ2n) is 6.86. The standard InChI is InChI=1S/C20H31N5O/c1-26-18-15-17-5-2-7-23-20(17)19(16-18)22-8-4-10-25-13-11-24(12-14-25)9-3-6-21/h2,5,7,15-16,22H,3-4,6,8-14,21H2,1H3. The van der Waals surface area contributed by atoms with Crippen molar-refractivity contribution >= 4 is 16.6 Å². The Morgan fingerprint density at radius 3 is 2.54 bits per heavy atom. The predicted octanol–water partition coefficient (Wildman–Crippen LogP) is 2.01. The van der Waals surface area contributed by atoms with Crippen LogP contribution in [-0.2, 0) is 0 Å². The van der Waals surface area contributed by atoms with Gasteiger partial charge in [0.05, 0.1) is 18.3 Å². The van der Waals surface area contributed by atoms with Gasteiger partial charge in [-0.15, -0.1) is 0 Å². The van der Waals surface area contributed by atoms with Crippen LogP contribution in [0.2, 0.25) is 0 Å². The van der Waals surface area contributed by atoms with Gasteiger partial charge in [-0.25, -0.2) is 0 Å². The Labute approximate surface area is 156 Å². The van der Waals surface area contributed by atoms with Crippen molar-refractivity contribution in [3.05, 3.63) is 30.5 Å². The van der Waals surface area contributed by atoms with Gasteiger partial charge in [-0.05, 0) is 44.6 Å². The molecule has 0 atom stereocenters. The number of nitrogens with zero attached hydrogens (tertiary/aromatic N) is 3. The van der Waals surface area contributed by atoms with Crippen molar-refractivity contribution in [2.75, 3.05) is 64.8 Å². The molecule has 1 saturated heterocycles. The molecule has 0 aliphatic carbocycles. The molecule has 1 aliphatic rings. The van der Waals surface area contributed by atoms with Crippen LogP contribution in [0.15, 0.2) is 30.5 Å². The van der Waals surface area contributed by atoms with Crippen molar-refractivity contribution in [2.24, 2.45) is 5.73 Å². The first kappa shape index (κ1) is 18.9. The summed E-state index contributed by atoms with van der Waals surface area (Å²) in [5, 5.41) is 4.65. The number of pyridine rings is 1. The molecule has 1 aromatic heterocycles. The molecule has 3 N–H and O–H groups in total. The maximum absolute atomic E-state index is 5.60. The molecular formula is C20H31N5O. The van der Waals surface area contributed by atoms with Gasteiger partial charge in [0.1, 0.15) is 5.75 Å². The lowest BCUT2D eigenvalue weighted by molar-refractivity contribution is 0.132. The van der Waals surface area contributed by atoms with Crippen molar-refractivity contribution < 1.29 is 4.74 Å². The molecular weight excluding hydrogens is 326 g/mol. The highest BCUT2D eigenvalue weighted by atomic mass is 16.5. The average Bonchev–Trinajstić information content (AvgIpc) is 2.70. The number of piperazine rings is 1. The Balaban J connectivity index is 1.45. The van der Waals surface area contributed by atoms with Crippen LogP contribution in [-0.4, -0.2) is 74.3 Å². The number of ether oxygens (including phenoxy) is 1. The third-order valence-corrected chi connectivity index (χ3v) is 5.02. The molecule has 0 spiro atoms. The number of nitrogens with one attached hydrogen (secondary N) is 1. The molecule has 26 heavy (non-hydrogen) atoms. The van der Waals surface area contributed by atoms with E-state index in [1.807, 2.05) is 24.4 Å². The van der Waals surface area contributed by atoms with E-state index in [1.165, 1.54) is 0 Å². The molecule has 0 amide bonds. The molecule has 142 valence electrons. The Bertz CT molecular complexity index is 685. The predicted molar refractivity (Wildman–Crippen MR) is 108 cm³/mol. The molecule has 0 radical (unpaired) electrons. The van der Waals surface area contributed by atoms with Gasteiger partial charge in [0.15, 0.2) is 0 Å². The van der Waals surface area contributed by atoms with Gasteiger partial charge in [-0.2, -0.15) is 0 Å². The van der Waals surface area contributed by atoms with Gasteiger partial charge < -0.3 is 25.6 Å². The summed E-state index contributed by atoms with van der Waals surface area (Å²) in [6.07, 6.45) is 4.06. The van der Waals surface area contributed by atoms with E-state index in [-0.39, 0.29) is 0 Å². The summed E-state index contributed by atoms with van der Waals surface area (Å²) in [7, 11) is 1.70. The fourth-order valence-electron chi connectivity index (χ4n) is 3.49. The molecule has 0 saturated carbocycles. The lowest BCUT2D eigenvalue weighted by atomic mass is 10.1. The fourth-order valence-corrected chi connectivity index (χ4v) is 3.49. The van der Waals surface area contributed by atoms with E-state index in [0.717, 1.165) is 87.5 Å². The normalized spacial score (nSPS) is 16.1. The van der Waals surface area contributed by atoms with E-state index in [4.69, 9.17) is 10.5 Å². The minimum absolute atomic E-state index is 0.791. The van der Waals surface area contributed by atoms with Gasteiger partial charge in [-0.3, -0.25) is 4.98 Å². The van der Waals surface area contributed by atoms with Gasteiger partial charge in [0, 0.05) is 50.4 Å². The molecule has 0 unspecified atom stereocenters. The highest BCUT2D eigenvalue weighted by Gasteiger charge is 2.15. The zero-order chi connectivity index (χ0) is 18.2. The van der Waals surface area contributed by atoms with Crippen LogP contribution in [0, 0.1) is 0 Å². The summed E-state index contributed by atoms with van der Waals surface area (Å²) in [4.78, 5) is 9.60. The van der Waals surface area contributed by atoms with Crippen LogP contribution >= 0.6 is 0 Å². The lowest BCUT2D eigenvalue weighted by Gasteiger charge is -2.34. The zero-order valence-electron chi connectivity index (χ0n) is 15.8. The van der Waals surface area contributed by atoms with Crippen molar-refractivity contribution in [1.82, 2.24) is 14.8 Å². The third-order valence-electron chi connectivity index (χ3n) is 5.02. The lowest BCUT2D eigenvalue weighted by Crippen LogP contribution is -2.47. The van der Waals surface area contributed by atoms with E-state index in [0.29, 0.717) is 0 Å². The molecule has 1 aliphatic heterocycles. The molecule has 1 aromatic carbocycles. The highest BCUT2D eigenvalue weighted by molar-refractivity contribution is 5.91. The van der Waals surface area contributed by atoms with Crippen molar-refractivity contribution in [3.8, 4) is 5.75 Å². The van der Waals surface area contributed by atoms with Gasteiger partial charge in [0.25, 0.3) is 0 Å². The van der Waals surface area contributed by atoms with Gasteiger partial charge >= 0.3 is 0 Å². The molecule has 2 heterocycles. The third kappa shape index (κ3) is 5.06. The number of anilines is 1. The Morgan fingerprint density at radius 1 is 1.12 bits per heavy atom. The van der Waals surface area contributed by atoms with Crippen LogP contribution in [0.3, 0.4) is 0 Å². The second kappa shape index (κ2) is 9.71. The summed E-state index contributed by atoms with van der Waals surface area (Å²) in [5.74, 6) is 0.863. The van der Waals surface area contributed by atoms with E-state index in [2.05, 4.69) is 26.2 Å². The quantitative estimate of drug-likeness (QED) is 0.669.